The van der Waals surface area contributed by atoms with Crippen LogP contribution in [0, 0.1) is 0 Å². The fraction of sp³-hybridized carbons (Fsp3) is 0.130. The molecule has 33 heavy (non-hydrogen) atoms. The second-order valence-electron chi connectivity index (χ2n) is 6.71. The zero-order valence-electron chi connectivity index (χ0n) is 17.9. The van der Waals surface area contributed by atoms with Crippen LogP contribution in [-0.4, -0.2) is 40.4 Å². The summed E-state index contributed by atoms with van der Waals surface area (Å²) >= 11 is 7.74. The van der Waals surface area contributed by atoms with Gasteiger partial charge in [0.25, 0.3) is 15.9 Å². The van der Waals surface area contributed by atoms with Crippen molar-refractivity contribution in [1.82, 2.24) is 5.43 Å². The smallest absolute Gasteiger partial charge is 0.264 e. The summed E-state index contributed by atoms with van der Waals surface area (Å²) in [7, 11) is -2.69. The third kappa shape index (κ3) is 6.28. The van der Waals surface area contributed by atoms with E-state index in [0.717, 1.165) is 14.8 Å². The minimum Gasteiger partial charge on any atom is -0.495 e. The van der Waals surface area contributed by atoms with E-state index in [1.807, 2.05) is 30.5 Å². The molecular weight excluding hydrogens is 482 g/mol. The van der Waals surface area contributed by atoms with Gasteiger partial charge in [0.15, 0.2) is 0 Å². The molecule has 0 radical (unpaired) electrons. The zero-order valence-corrected chi connectivity index (χ0v) is 20.3. The normalized spacial score (nSPS) is 11.4. The predicted molar refractivity (Wildman–Crippen MR) is 133 cm³/mol. The van der Waals surface area contributed by atoms with Gasteiger partial charge in [-0.1, -0.05) is 41.9 Å². The Labute approximate surface area is 202 Å². The Kier molecular flexibility index (Phi) is 8.37. The number of amides is 1. The SMILES string of the molecule is COc1ccc(Cl)cc1N(CC(=O)N/N=C/c1ccc(SC)cc1)S(=O)(=O)c1ccccc1. The highest BCUT2D eigenvalue weighted by Crippen LogP contribution is 2.34. The number of hydrazone groups is 1. The number of carbonyl (C=O) groups excluding carboxylic acids is 1. The van der Waals surface area contributed by atoms with E-state index in [4.69, 9.17) is 16.3 Å². The highest BCUT2D eigenvalue weighted by Gasteiger charge is 2.29. The molecule has 0 aliphatic rings. The first-order chi connectivity index (χ1) is 15.8. The molecule has 0 unspecified atom stereocenters. The molecule has 0 aliphatic heterocycles. The van der Waals surface area contributed by atoms with Gasteiger partial charge in [-0.25, -0.2) is 13.8 Å². The van der Waals surface area contributed by atoms with Gasteiger partial charge in [-0.2, -0.15) is 5.10 Å². The maximum atomic E-state index is 13.4. The van der Waals surface area contributed by atoms with Crippen molar-refractivity contribution in [3.8, 4) is 5.75 Å². The van der Waals surface area contributed by atoms with Gasteiger partial charge < -0.3 is 4.74 Å². The van der Waals surface area contributed by atoms with Gasteiger partial charge in [0.1, 0.15) is 12.3 Å². The van der Waals surface area contributed by atoms with Crippen molar-refractivity contribution in [1.29, 1.82) is 0 Å². The fourth-order valence-electron chi connectivity index (χ4n) is 2.91. The number of rotatable bonds is 9. The molecule has 0 aromatic heterocycles. The standard InChI is InChI=1S/C23H22ClN3O4S2/c1-31-22-13-10-18(24)14-21(22)27(33(29,30)20-6-4-3-5-7-20)16-23(28)26-25-15-17-8-11-19(32-2)12-9-17/h3-15H,16H2,1-2H3,(H,26,28)/b25-15+. The van der Waals surface area contributed by atoms with Crippen LogP contribution in [0.25, 0.3) is 0 Å². The molecule has 3 aromatic rings. The molecule has 3 aromatic carbocycles. The number of halogens is 1. The summed E-state index contributed by atoms with van der Waals surface area (Å²) in [6, 6.07) is 20.0. The largest absolute Gasteiger partial charge is 0.495 e. The summed E-state index contributed by atoms with van der Waals surface area (Å²) in [5.74, 6) is -0.377. The molecule has 0 bridgehead atoms. The van der Waals surface area contributed by atoms with Crippen molar-refractivity contribution in [2.75, 3.05) is 24.2 Å². The molecule has 1 N–H and O–H groups in total. The molecule has 0 atom stereocenters. The summed E-state index contributed by atoms with van der Waals surface area (Å²) in [5.41, 5.74) is 3.31. The molecule has 0 saturated carbocycles. The zero-order chi connectivity index (χ0) is 23.8. The van der Waals surface area contributed by atoms with Crippen molar-refractivity contribution in [3.63, 3.8) is 0 Å². The van der Waals surface area contributed by atoms with Gasteiger partial charge in [-0.15, -0.1) is 11.8 Å². The number of methoxy groups -OCH3 is 1. The van der Waals surface area contributed by atoms with Gasteiger partial charge in [0.2, 0.25) is 0 Å². The number of hydrogen-bond acceptors (Lipinski definition) is 6. The number of carbonyl (C=O) groups is 1. The number of ether oxygens (including phenoxy) is 1. The van der Waals surface area contributed by atoms with E-state index in [1.54, 1.807) is 42.1 Å². The van der Waals surface area contributed by atoms with Gasteiger partial charge in [0.05, 0.1) is 23.9 Å². The number of anilines is 1. The molecule has 7 nitrogen and oxygen atoms in total. The lowest BCUT2D eigenvalue weighted by molar-refractivity contribution is -0.119. The second kappa shape index (κ2) is 11.2. The van der Waals surface area contributed by atoms with Crippen LogP contribution in [0.3, 0.4) is 0 Å². The predicted octanol–water partition coefficient (Wildman–Crippen LogP) is 4.42. The van der Waals surface area contributed by atoms with Crippen LogP contribution in [0.15, 0.2) is 87.7 Å². The van der Waals surface area contributed by atoms with E-state index in [9.17, 15) is 13.2 Å². The highest BCUT2D eigenvalue weighted by molar-refractivity contribution is 7.98. The lowest BCUT2D eigenvalue weighted by Gasteiger charge is -2.25. The highest BCUT2D eigenvalue weighted by atomic mass is 35.5. The Hall–Kier alpha value is -3.01. The molecule has 0 fully saturated rings. The fourth-order valence-corrected chi connectivity index (χ4v) is 4.93. The van der Waals surface area contributed by atoms with E-state index < -0.39 is 22.5 Å². The lowest BCUT2D eigenvalue weighted by atomic mass is 10.2. The summed E-state index contributed by atoms with van der Waals surface area (Å²) in [5, 5.41) is 4.25. The molecule has 1 amide bonds. The summed E-state index contributed by atoms with van der Waals surface area (Å²) in [6.07, 6.45) is 3.46. The Balaban J connectivity index is 1.87. The van der Waals surface area contributed by atoms with E-state index in [0.29, 0.717) is 5.02 Å². The number of nitrogens with zero attached hydrogens (tertiary/aromatic N) is 2. The molecule has 0 aliphatic carbocycles. The number of thioether (sulfide) groups is 1. The molecule has 0 heterocycles. The third-order valence-electron chi connectivity index (χ3n) is 4.55. The van der Waals surface area contributed by atoms with E-state index in [2.05, 4.69) is 10.5 Å². The molecule has 10 heteroatoms. The van der Waals surface area contributed by atoms with Gasteiger partial charge >= 0.3 is 0 Å². The first-order valence-corrected chi connectivity index (χ1v) is 12.8. The summed E-state index contributed by atoms with van der Waals surface area (Å²) in [4.78, 5) is 13.8. The van der Waals surface area contributed by atoms with Crippen molar-refractivity contribution < 1.29 is 17.9 Å². The van der Waals surface area contributed by atoms with Crippen molar-refractivity contribution in [2.24, 2.45) is 5.10 Å². The molecular formula is C23H22ClN3O4S2. The number of benzene rings is 3. The molecule has 0 saturated heterocycles. The third-order valence-corrected chi connectivity index (χ3v) is 7.30. The molecule has 0 spiro atoms. The van der Waals surface area contributed by atoms with Crippen molar-refractivity contribution in [2.45, 2.75) is 9.79 Å². The van der Waals surface area contributed by atoms with E-state index in [1.165, 1.54) is 31.5 Å². The van der Waals surface area contributed by atoms with Crippen LogP contribution in [-0.2, 0) is 14.8 Å². The van der Waals surface area contributed by atoms with Crippen molar-refractivity contribution in [3.05, 3.63) is 83.4 Å². The minimum atomic E-state index is -4.10. The Morgan fingerprint density at radius 3 is 2.45 bits per heavy atom. The monoisotopic (exact) mass is 503 g/mol. The maximum Gasteiger partial charge on any atom is 0.264 e. The van der Waals surface area contributed by atoms with E-state index >= 15 is 0 Å². The minimum absolute atomic E-state index is 0.0252. The lowest BCUT2D eigenvalue weighted by Crippen LogP contribution is -2.39. The summed E-state index contributed by atoms with van der Waals surface area (Å²) in [6.45, 7) is -0.531. The van der Waals surface area contributed by atoms with Crippen molar-refractivity contribution >= 4 is 51.2 Å². The first-order valence-electron chi connectivity index (χ1n) is 9.72. The Morgan fingerprint density at radius 1 is 1.12 bits per heavy atom. The average Bonchev–Trinajstić information content (AvgIpc) is 2.83. The van der Waals surface area contributed by atoms with Crippen LogP contribution in [0.4, 0.5) is 5.69 Å². The first kappa shape index (κ1) is 24.6. The van der Waals surface area contributed by atoms with Gasteiger partial charge in [0, 0.05) is 9.92 Å². The van der Waals surface area contributed by atoms with Gasteiger partial charge in [-0.3, -0.25) is 9.10 Å². The average molecular weight is 504 g/mol. The van der Waals surface area contributed by atoms with Crippen LogP contribution in [0.5, 0.6) is 5.75 Å². The van der Waals surface area contributed by atoms with Gasteiger partial charge in [-0.05, 0) is 54.3 Å². The number of sulfonamides is 1. The van der Waals surface area contributed by atoms with Crippen LogP contribution >= 0.6 is 23.4 Å². The Bertz CT molecular complexity index is 1230. The quantitative estimate of drug-likeness (QED) is 0.265. The Morgan fingerprint density at radius 2 is 1.82 bits per heavy atom. The number of nitrogens with one attached hydrogen (secondary N) is 1. The second-order valence-corrected chi connectivity index (χ2v) is 9.89. The van der Waals surface area contributed by atoms with Crippen LogP contribution in [0.2, 0.25) is 5.02 Å². The topological polar surface area (TPSA) is 88.1 Å². The maximum absolute atomic E-state index is 13.4. The van der Waals surface area contributed by atoms with Crippen LogP contribution in [0.1, 0.15) is 5.56 Å². The summed E-state index contributed by atoms with van der Waals surface area (Å²) < 4.78 is 33.1. The number of hydrogen-bond donors (Lipinski definition) is 1. The molecule has 3 rings (SSSR count). The van der Waals surface area contributed by atoms with Crippen LogP contribution < -0.4 is 14.5 Å². The molecule has 172 valence electrons. The van der Waals surface area contributed by atoms with E-state index in [-0.39, 0.29) is 16.3 Å².